The molecular formula is C18H21AsBrN6O3PS2. The molecule has 0 bridgehead atoms. The number of hydrogen-bond donors (Lipinski definition) is 0. The molecule has 0 aliphatic carbocycles. The van der Waals surface area contributed by atoms with Crippen molar-refractivity contribution in [2.45, 2.75) is 36.3 Å². The van der Waals surface area contributed by atoms with Gasteiger partial charge in [0.15, 0.2) is 0 Å². The molecule has 4 heterocycles. The number of fused-ring (bicyclic) bond motifs is 2. The Morgan fingerprint density at radius 2 is 2.00 bits per heavy atom. The third-order valence-corrected chi connectivity index (χ3v) is 10.5. The van der Waals surface area contributed by atoms with Crippen LogP contribution < -0.4 is 4.48 Å². The molecule has 4 aromatic rings. The fraction of sp³-hybridized carbons (Fsp3) is 0.389. The van der Waals surface area contributed by atoms with E-state index in [0.29, 0.717) is 32.3 Å². The maximum absolute atomic E-state index is 12.9. The van der Waals surface area contributed by atoms with Gasteiger partial charge in [-0.1, -0.05) is 0 Å². The predicted molar refractivity (Wildman–Crippen MR) is 133 cm³/mol. The molecule has 0 aliphatic heterocycles. The van der Waals surface area contributed by atoms with E-state index in [9.17, 15) is 4.57 Å². The third-order valence-electron chi connectivity index (χ3n) is 4.40. The molecular weight excluding hydrogens is 598 g/mol. The first-order chi connectivity index (χ1) is 15.4. The van der Waals surface area contributed by atoms with Crippen LogP contribution in [0.1, 0.15) is 20.3 Å². The van der Waals surface area contributed by atoms with Crippen LogP contribution in [0.2, 0.25) is 0 Å². The zero-order valence-corrected chi connectivity index (χ0v) is 23.9. The van der Waals surface area contributed by atoms with Gasteiger partial charge in [0.05, 0.1) is 0 Å². The summed E-state index contributed by atoms with van der Waals surface area (Å²) in [6, 6.07) is 0. The summed E-state index contributed by atoms with van der Waals surface area (Å²) < 4.78 is 29.4. The second-order valence-corrected chi connectivity index (χ2v) is 13.0. The van der Waals surface area contributed by atoms with Gasteiger partial charge in [0.1, 0.15) is 0 Å². The van der Waals surface area contributed by atoms with Crippen molar-refractivity contribution < 1.29 is 13.6 Å². The summed E-state index contributed by atoms with van der Waals surface area (Å²) in [5, 5.41) is 0.769. The first kappa shape index (κ1) is 24.3. The van der Waals surface area contributed by atoms with Gasteiger partial charge in [-0.3, -0.25) is 0 Å². The Balaban J connectivity index is 1.63. The van der Waals surface area contributed by atoms with E-state index in [1.165, 1.54) is 28.6 Å². The van der Waals surface area contributed by atoms with E-state index in [2.05, 4.69) is 35.9 Å². The van der Waals surface area contributed by atoms with E-state index in [0.717, 1.165) is 39.8 Å². The molecule has 0 fully saturated rings. The second-order valence-electron chi connectivity index (χ2n) is 6.55. The molecule has 0 saturated heterocycles. The van der Waals surface area contributed by atoms with E-state index in [1.807, 2.05) is 18.4 Å². The van der Waals surface area contributed by atoms with Gasteiger partial charge in [0.2, 0.25) is 0 Å². The number of hydrogen-bond acceptors (Lipinski definition) is 10. The molecule has 4 aromatic heterocycles. The monoisotopic (exact) mass is 618 g/mol. The van der Waals surface area contributed by atoms with Crippen LogP contribution in [0.25, 0.3) is 21.4 Å². The number of nitrogens with zero attached hydrogens (tertiary/aromatic N) is 6. The summed E-state index contributed by atoms with van der Waals surface area (Å²) in [6.07, 6.45) is 5.99. The summed E-state index contributed by atoms with van der Waals surface area (Å²) in [5.41, 5.74) is 2.37. The number of thiazole rings is 1. The quantitative estimate of drug-likeness (QED) is 0.194. The van der Waals surface area contributed by atoms with Crippen LogP contribution in [0.15, 0.2) is 32.7 Å². The van der Waals surface area contributed by atoms with Gasteiger partial charge in [-0.25, -0.2) is 0 Å². The Morgan fingerprint density at radius 3 is 2.72 bits per heavy atom. The molecule has 1 unspecified atom stereocenters. The fourth-order valence-electron chi connectivity index (χ4n) is 3.12. The molecule has 4 rings (SSSR count). The number of aryl methyl sites for hydroxylation is 1. The van der Waals surface area contributed by atoms with Gasteiger partial charge in [-0.2, -0.15) is 0 Å². The normalized spacial score (nSPS) is 12.2. The molecule has 0 amide bonds. The molecule has 1 atom stereocenters. The van der Waals surface area contributed by atoms with Crippen molar-refractivity contribution in [2.75, 3.05) is 19.4 Å². The van der Waals surface area contributed by atoms with E-state index < -0.39 is 7.60 Å². The van der Waals surface area contributed by atoms with Crippen LogP contribution in [-0.4, -0.2) is 65.7 Å². The summed E-state index contributed by atoms with van der Waals surface area (Å²) in [6.45, 7) is 4.91. The van der Waals surface area contributed by atoms with Crippen molar-refractivity contribution in [1.82, 2.24) is 29.5 Å². The minimum absolute atomic E-state index is 0.326. The molecule has 0 spiro atoms. The summed E-state index contributed by atoms with van der Waals surface area (Å²) in [4.78, 5) is 22.5. The predicted octanol–water partition coefficient (Wildman–Crippen LogP) is 3.66. The zero-order valence-electron chi connectivity index (χ0n) is 17.4. The van der Waals surface area contributed by atoms with Crippen molar-refractivity contribution in [3.05, 3.63) is 23.2 Å². The van der Waals surface area contributed by atoms with E-state index in [1.54, 1.807) is 30.1 Å². The van der Waals surface area contributed by atoms with Gasteiger partial charge in [0, 0.05) is 0 Å². The molecule has 170 valence electrons. The van der Waals surface area contributed by atoms with Crippen molar-refractivity contribution >= 4 is 89.3 Å². The van der Waals surface area contributed by atoms with Crippen molar-refractivity contribution in [3.8, 4) is 0 Å². The topological polar surface area (TPSA) is 105 Å². The molecule has 9 nitrogen and oxygen atoms in total. The van der Waals surface area contributed by atoms with Crippen molar-refractivity contribution in [3.63, 3.8) is 0 Å². The zero-order chi connectivity index (χ0) is 22.7. The summed E-state index contributed by atoms with van der Waals surface area (Å²) in [5.74, 6) is 0. The molecule has 0 N–H and O–H groups in total. The van der Waals surface area contributed by atoms with Gasteiger partial charge in [-0.05, 0) is 0 Å². The van der Waals surface area contributed by atoms with E-state index in [4.69, 9.17) is 14.0 Å². The Kier molecular flexibility index (Phi) is 8.03. The summed E-state index contributed by atoms with van der Waals surface area (Å²) in [7, 11) is -3.11. The molecule has 0 aliphatic rings. The third kappa shape index (κ3) is 5.27. The van der Waals surface area contributed by atoms with Crippen molar-refractivity contribution in [2.24, 2.45) is 0 Å². The van der Waals surface area contributed by atoms with Crippen LogP contribution in [0, 0.1) is 0 Å². The van der Waals surface area contributed by atoms with Crippen LogP contribution >= 0.6 is 46.6 Å². The number of rotatable bonds is 10. The van der Waals surface area contributed by atoms with Gasteiger partial charge in [-0.15, -0.1) is 0 Å². The first-order valence-corrected chi connectivity index (χ1v) is 15.2. The number of halogens is 1. The number of aromatic nitrogens is 6. The standard InChI is InChI=1S/C18H21AsBrN6O3PS2/c1-3-28-30(27,29-4-2)7-5-6-26-16-13(15(19)22-10-23-16)25-17(26)32-18-24-12-9-21-8-11(20)14(12)31-18/h8-10H,3-7,19H2,1-2H3. The van der Waals surface area contributed by atoms with Crippen LogP contribution in [-0.2, 0) is 20.2 Å². The van der Waals surface area contributed by atoms with Gasteiger partial charge >= 0.3 is 211 Å². The Labute approximate surface area is 210 Å². The Bertz CT molecular complexity index is 1290. The van der Waals surface area contributed by atoms with Crippen LogP contribution in [0.5, 0.6) is 0 Å². The molecule has 32 heavy (non-hydrogen) atoms. The molecule has 0 saturated carbocycles. The van der Waals surface area contributed by atoms with Crippen LogP contribution in [0.3, 0.4) is 0 Å². The molecule has 0 radical (unpaired) electrons. The van der Waals surface area contributed by atoms with Gasteiger partial charge in [0.25, 0.3) is 0 Å². The average molecular weight is 619 g/mol. The molecule has 0 aromatic carbocycles. The van der Waals surface area contributed by atoms with Crippen LogP contribution in [0.4, 0.5) is 0 Å². The van der Waals surface area contributed by atoms with Gasteiger partial charge < -0.3 is 0 Å². The van der Waals surface area contributed by atoms with E-state index >= 15 is 0 Å². The van der Waals surface area contributed by atoms with Crippen molar-refractivity contribution in [1.29, 1.82) is 0 Å². The molecule has 14 heteroatoms. The SMILES string of the molecule is CCOP(=O)(CCCn1c(Sc2nc3cncc(Br)c3s2)nc2c([AsH2])ncnc21)OCC. The number of imidazole rings is 1. The Hall–Kier alpha value is -0.872. The first-order valence-electron chi connectivity index (χ1n) is 9.86. The Morgan fingerprint density at radius 1 is 1.22 bits per heavy atom. The number of pyridine rings is 1. The van der Waals surface area contributed by atoms with E-state index in [-0.39, 0.29) is 0 Å². The summed E-state index contributed by atoms with van der Waals surface area (Å²) >= 11 is 7.99. The fourth-order valence-corrected chi connectivity index (χ4v) is 7.92. The average Bonchev–Trinajstić information content (AvgIpc) is 3.32. The minimum atomic E-state index is -3.11. The maximum atomic E-state index is 12.9. The second kappa shape index (κ2) is 10.6.